The van der Waals surface area contributed by atoms with Gasteiger partial charge in [-0.25, -0.2) is 4.98 Å². The molecule has 41 heavy (non-hydrogen) atoms. The number of hydrogen-bond donors (Lipinski definition) is 3. The molecule has 0 saturated carbocycles. The molecule has 2 aromatic heterocycles. The summed E-state index contributed by atoms with van der Waals surface area (Å²) in [6, 6.07) is 10.6. The number of nitrogens with zero attached hydrogens (tertiary/aromatic N) is 2. The van der Waals surface area contributed by atoms with Gasteiger partial charge in [-0.05, 0) is 78.8 Å². The van der Waals surface area contributed by atoms with E-state index in [1.54, 1.807) is 12.3 Å². The molecule has 3 N–H and O–H groups in total. The molecule has 2 aliphatic rings. The highest BCUT2D eigenvalue weighted by Crippen LogP contribution is 2.35. The number of nitrogens with one attached hydrogen (secondary N) is 3. The van der Waals surface area contributed by atoms with Crippen LogP contribution in [-0.2, 0) is 30.2 Å². The molecule has 1 aliphatic heterocycles. The molecule has 212 valence electrons. The topological polar surface area (TPSA) is 109 Å². The molecular weight excluding hydrogens is 559 g/mol. The summed E-state index contributed by atoms with van der Waals surface area (Å²) in [6.07, 6.45) is 2.63. The van der Waals surface area contributed by atoms with Crippen LogP contribution in [0.1, 0.15) is 45.5 Å². The van der Waals surface area contributed by atoms with Gasteiger partial charge in [-0.15, -0.1) is 12.4 Å². The molecule has 8 nitrogen and oxygen atoms in total. The Kier molecular flexibility index (Phi) is 7.72. The summed E-state index contributed by atoms with van der Waals surface area (Å²) in [7, 11) is 0. The number of carbonyl (C=O) groups is 2. The van der Waals surface area contributed by atoms with Crippen molar-refractivity contribution in [3.8, 4) is 22.6 Å². The van der Waals surface area contributed by atoms with Gasteiger partial charge in [-0.2, -0.15) is 18.3 Å². The second kappa shape index (κ2) is 11.2. The first-order chi connectivity index (χ1) is 19.2. The summed E-state index contributed by atoms with van der Waals surface area (Å²) >= 11 is 0. The number of ether oxygens (including phenoxy) is 1. The van der Waals surface area contributed by atoms with Crippen molar-refractivity contribution in [2.45, 2.75) is 44.3 Å². The number of H-pyrrole nitrogens is 1. The zero-order chi connectivity index (χ0) is 27.9. The third kappa shape index (κ3) is 6.04. The molecule has 4 aromatic rings. The van der Waals surface area contributed by atoms with Crippen molar-refractivity contribution < 1.29 is 27.5 Å². The number of carbonyl (C=O) groups excluding carboxylic acids is 2. The summed E-state index contributed by atoms with van der Waals surface area (Å²) in [6.45, 7) is 0. The van der Waals surface area contributed by atoms with Crippen molar-refractivity contribution in [2.75, 3.05) is 5.32 Å². The fourth-order valence-electron chi connectivity index (χ4n) is 5.17. The van der Waals surface area contributed by atoms with E-state index >= 15 is 0 Å². The predicted molar refractivity (Wildman–Crippen MR) is 147 cm³/mol. The maximum Gasteiger partial charge on any atom is 0.416 e. The van der Waals surface area contributed by atoms with E-state index in [4.69, 9.17) is 4.74 Å². The van der Waals surface area contributed by atoms with Crippen LogP contribution in [0.3, 0.4) is 0 Å². The highest BCUT2D eigenvalue weighted by molar-refractivity contribution is 5.96. The highest BCUT2D eigenvalue weighted by atomic mass is 35.5. The van der Waals surface area contributed by atoms with Crippen LogP contribution in [0.25, 0.3) is 11.1 Å². The zero-order valence-corrected chi connectivity index (χ0v) is 22.4. The van der Waals surface area contributed by atoms with Gasteiger partial charge in [0, 0.05) is 41.5 Å². The van der Waals surface area contributed by atoms with E-state index in [0.29, 0.717) is 55.0 Å². The lowest BCUT2D eigenvalue weighted by atomic mass is 9.88. The van der Waals surface area contributed by atoms with Crippen molar-refractivity contribution >= 4 is 30.0 Å². The minimum atomic E-state index is -4.60. The Morgan fingerprint density at radius 3 is 2.66 bits per heavy atom. The molecule has 1 atom stereocenters. The average Bonchev–Trinajstić information content (AvgIpc) is 3.47. The minimum Gasteiger partial charge on any atom is -0.457 e. The van der Waals surface area contributed by atoms with E-state index in [1.165, 1.54) is 18.5 Å². The third-order valence-corrected chi connectivity index (χ3v) is 7.20. The first-order valence-electron chi connectivity index (χ1n) is 12.8. The van der Waals surface area contributed by atoms with E-state index in [-0.39, 0.29) is 35.5 Å². The van der Waals surface area contributed by atoms with Crippen molar-refractivity contribution in [3.63, 3.8) is 0 Å². The predicted octanol–water partition coefficient (Wildman–Crippen LogP) is 5.88. The second-order valence-electron chi connectivity index (χ2n) is 9.91. The minimum absolute atomic E-state index is 0. The number of rotatable bonds is 5. The SMILES string of the molecule is Cl.O=C1CCc2c(Oc3ccc4c(c3)C[C@H](NC(=O)c3cc(-c5cn[nH]c5)cc(C(F)(F)F)c3)CC4)ccnc2N1. The standard InChI is InChI=1S/C29H24F3N5O3.ClH/c30-29(31,32)21-10-17(20-14-34-35-15-20)9-19(11-21)28(39)36-22-3-1-16-2-4-23(13-18(16)12-22)40-25-7-8-33-27-24(25)5-6-26(38)37-27;/h2,4,7-11,13-15,22H,1,3,5-6,12H2,(H,34,35)(H,36,39)(H,33,37,38);1H/t22-;/m1./s1. The van der Waals surface area contributed by atoms with E-state index in [0.717, 1.165) is 28.8 Å². The maximum absolute atomic E-state index is 13.6. The Morgan fingerprint density at radius 1 is 1.02 bits per heavy atom. The Balaban J connectivity index is 0.00000337. The average molecular weight is 584 g/mol. The number of aromatic nitrogens is 3. The lowest BCUT2D eigenvalue weighted by Gasteiger charge is -2.26. The van der Waals surface area contributed by atoms with Gasteiger partial charge in [0.25, 0.3) is 5.91 Å². The van der Waals surface area contributed by atoms with Crippen LogP contribution in [0.4, 0.5) is 19.0 Å². The highest BCUT2D eigenvalue weighted by Gasteiger charge is 2.32. The monoisotopic (exact) mass is 583 g/mol. The first-order valence-corrected chi connectivity index (χ1v) is 12.8. The summed E-state index contributed by atoms with van der Waals surface area (Å²) in [5.41, 5.74) is 2.70. The molecule has 0 radical (unpaired) electrons. The molecule has 0 saturated heterocycles. The Hall–Kier alpha value is -4.38. The number of halogens is 4. The van der Waals surface area contributed by atoms with Gasteiger partial charge in [-0.1, -0.05) is 6.07 Å². The number of amides is 2. The largest absolute Gasteiger partial charge is 0.457 e. The van der Waals surface area contributed by atoms with Crippen LogP contribution in [0.2, 0.25) is 0 Å². The molecule has 1 aliphatic carbocycles. The summed E-state index contributed by atoms with van der Waals surface area (Å²) in [4.78, 5) is 29.1. The second-order valence-corrected chi connectivity index (χ2v) is 9.91. The van der Waals surface area contributed by atoms with Gasteiger partial charge in [0.15, 0.2) is 0 Å². The van der Waals surface area contributed by atoms with Crippen LogP contribution in [0.15, 0.2) is 61.1 Å². The third-order valence-electron chi connectivity index (χ3n) is 7.20. The summed E-state index contributed by atoms with van der Waals surface area (Å²) < 4.78 is 46.9. The Bertz CT molecular complexity index is 1610. The summed E-state index contributed by atoms with van der Waals surface area (Å²) in [5.74, 6) is 1.08. The fourth-order valence-corrected chi connectivity index (χ4v) is 5.17. The van der Waals surface area contributed by atoms with E-state index in [1.807, 2.05) is 18.2 Å². The molecule has 12 heteroatoms. The van der Waals surface area contributed by atoms with Gasteiger partial charge < -0.3 is 15.4 Å². The molecule has 2 amide bonds. The number of aromatic amines is 1. The number of aryl methyl sites for hydroxylation is 1. The summed E-state index contributed by atoms with van der Waals surface area (Å²) in [5, 5.41) is 12.1. The van der Waals surface area contributed by atoms with Crippen molar-refractivity contribution in [1.82, 2.24) is 20.5 Å². The molecule has 0 fully saturated rings. The van der Waals surface area contributed by atoms with Crippen LogP contribution in [0.5, 0.6) is 11.5 Å². The van der Waals surface area contributed by atoms with Crippen LogP contribution in [0, 0.1) is 0 Å². The Morgan fingerprint density at radius 2 is 1.88 bits per heavy atom. The number of fused-ring (bicyclic) bond motifs is 2. The molecule has 3 heterocycles. The lowest BCUT2D eigenvalue weighted by Crippen LogP contribution is -2.39. The number of alkyl halides is 3. The molecule has 6 rings (SSSR count). The van der Waals surface area contributed by atoms with Gasteiger partial charge in [0.1, 0.15) is 17.3 Å². The lowest BCUT2D eigenvalue weighted by molar-refractivity contribution is -0.137. The zero-order valence-electron chi connectivity index (χ0n) is 21.5. The molecular formula is C29H25ClF3N5O3. The fraction of sp³-hybridized carbons (Fsp3) is 0.241. The number of hydrogen-bond acceptors (Lipinski definition) is 5. The first kappa shape index (κ1) is 28.2. The number of benzene rings is 2. The van der Waals surface area contributed by atoms with Crippen LogP contribution >= 0.6 is 12.4 Å². The van der Waals surface area contributed by atoms with Gasteiger partial charge in [0.05, 0.1) is 11.8 Å². The normalized spacial score (nSPS) is 16.1. The molecule has 0 spiro atoms. The van der Waals surface area contributed by atoms with E-state index in [2.05, 4.69) is 25.8 Å². The van der Waals surface area contributed by atoms with E-state index in [9.17, 15) is 22.8 Å². The molecule has 0 unspecified atom stereocenters. The van der Waals surface area contributed by atoms with Crippen molar-refractivity contribution in [3.05, 3.63) is 88.9 Å². The quantitative estimate of drug-likeness (QED) is 0.272. The van der Waals surface area contributed by atoms with Crippen molar-refractivity contribution in [2.24, 2.45) is 0 Å². The van der Waals surface area contributed by atoms with Crippen LogP contribution < -0.4 is 15.4 Å². The Labute approximate surface area is 239 Å². The van der Waals surface area contributed by atoms with Crippen LogP contribution in [-0.4, -0.2) is 33.0 Å². The smallest absolute Gasteiger partial charge is 0.416 e. The van der Waals surface area contributed by atoms with Gasteiger partial charge >= 0.3 is 6.18 Å². The van der Waals surface area contributed by atoms with Gasteiger partial charge in [0.2, 0.25) is 5.91 Å². The maximum atomic E-state index is 13.6. The number of pyridine rings is 1. The van der Waals surface area contributed by atoms with Crippen molar-refractivity contribution in [1.29, 1.82) is 0 Å². The van der Waals surface area contributed by atoms with E-state index < -0.39 is 17.6 Å². The number of anilines is 1. The van der Waals surface area contributed by atoms with Gasteiger partial charge in [-0.3, -0.25) is 14.7 Å². The molecule has 0 bridgehead atoms. The molecule has 2 aromatic carbocycles.